The summed E-state index contributed by atoms with van der Waals surface area (Å²) in [5.41, 5.74) is 2.48. The smallest absolute Gasteiger partial charge is 0.185 e. The Morgan fingerprint density at radius 1 is 1.09 bits per heavy atom. The van der Waals surface area contributed by atoms with Crippen LogP contribution in [0.25, 0.3) is 11.8 Å². The van der Waals surface area contributed by atoms with Crippen LogP contribution in [0.1, 0.15) is 15.9 Å². The molecule has 23 heavy (non-hydrogen) atoms. The molecule has 114 valence electrons. The second kappa shape index (κ2) is 6.70. The molecule has 1 heterocycles. The molecule has 0 unspecified atom stereocenters. The van der Waals surface area contributed by atoms with Crippen molar-refractivity contribution in [2.75, 3.05) is 7.11 Å². The summed E-state index contributed by atoms with van der Waals surface area (Å²) in [5, 5.41) is 4.07. The average Bonchev–Trinajstić information content (AvgIpc) is 3.15. The Hall–Kier alpha value is -3.21. The van der Waals surface area contributed by atoms with Gasteiger partial charge in [-0.25, -0.2) is 9.67 Å². The molecule has 0 saturated carbocycles. The number of rotatable bonds is 5. The van der Waals surface area contributed by atoms with E-state index in [1.165, 1.54) is 6.33 Å². The van der Waals surface area contributed by atoms with Gasteiger partial charge in [-0.3, -0.25) is 4.79 Å². The summed E-state index contributed by atoms with van der Waals surface area (Å²) in [6.07, 6.45) is 6.48. The highest BCUT2D eigenvalue weighted by Crippen LogP contribution is 2.13. The third-order valence-corrected chi connectivity index (χ3v) is 3.38. The van der Waals surface area contributed by atoms with Gasteiger partial charge in [0.25, 0.3) is 0 Å². The normalized spacial score (nSPS) is 10.8. The van der Waals surface area contributed by atoms with Gasteiger partial charge in [0.15, 0.2) is 5.78 Å². The maximum absolute atomic E-state index is 12.1. The number of hydrogen-bond acceptors (Lipinski definition) is 4. The van der Waals surface area contributed by atoms with Crippen molar-refractivity contribution in [2.24, 2.45) is 0 Å². The second-order valence-corrected chi connectivity index (χ2v) is 4.86. The van der Waals surface area contributed by atoms with Crippen LogP contribution in [0.5, 0.6) is 5.75 Å². The minimum absolute atomic E-state index is 0.0481. The van der Waals surface area contributed by atoms with Crippen molar-refractivity contribution in [3.63, 3.8) is 0 Å². The largest absolute Gasteiger partial charge is 0.497 e. The molecular weight excluding hydrogens is 290 g/mol. The first-order valence-electron chi connectivity index (χ1n) is 7.08. The molecule has 0 atom stereocenters. The molecule has 5 nitrogen and oxygen atoms in total. The Morgan fingerprint density at radius 3 is 2.43 bits per heavy atom. The topological polar surface area (TPSA) is 57.0 Å². The van der Waals surface area contributed by atoms with Crippen LogP contribution in [0, 0.1) is 0 Å². The van der Waals surface area contributed by atoms with Gasteiger partial charge >= 0.3 is 0 Å². The monoisotopic (exact) mass is 305 g/mol. The zero-order valence-corrected chi connectivity index (χ0v) is 12.6. The van der Waals surface area contributed by atoms with E-state index in [9.17, 15) is 4.79 Å². The molecule has 0 bridgehead atoms. The highest BCUT2D eigenvalue weighted by atomic mass is 16.5. The summed E-state index contributed by atoms with van der Waals surface area (Å²) in [6, 6.07) is 14.7. The first-order chi connectivity index (χ1) is 11.3. The Morgan fingerprint density at radius 2 is 1.83 bits per heavy atom. The number of ether oxygens (including phenoxy) is 1. The highest BCUT2D eigenvalue weighted by molar-refractivity contribution is 6.06. The number of benzene rings is 2. The summed E-state index contributed by atoms with van der Waals surface area (Å²) in [5.74, 6) is 0.683. The SMILES string of the molecule is COc1ccc(C(=O)/C=C/c2ccc(-n3cncn3)cc2)cc1. The fourth-order valence-corrected chi connectivity index (χ4v) is 2.10. The van der Waals surface area contributed by atoms with Crippen LogP contribution in [-0.4, -0.2) is 27.7 Å². The molecule has 0 N–H and O–H groups in total. The summed E-state index contributed by atoms with van der Waals surface area (Å²) in [4.78, 5) is 16.0. The first-order valence-corrected chi connectivity index (χ1v) is 7.08. The standard InChI is InChI=1S/C18H15N3O2/c1-23-17-9-5-15(6-10-17)18(22)11-4-14-2-7-16(8-3-14)21-13-19-12-20-21/h2-13H,1H3/b11-4+. The average molecular weight is 305 g/mol. The van der Waals surface area contributed by atoms with Crippen LogP contribution in [0.4, 0.5) is 0 Å². The lowest BCUT2D eigenvalue weighted by Crippen LogP contribution is -1.95. The van der Waals surface area contributed by atoms with Crippen LogP contribution >= 0.6 is 0 Å². The Kier molecular flexibility index (Phi) is 4.29. The van der Waals surface area contributed by atoms with Crippen molar-refractivity contribution in [3.8, 4) is 11.4 Å². The molecule has 3 rings (SSSR count). The van der Waals surface area contributed by atoms with Gasteiger partial charge < -0.3 is 4.74 Å². The molecule has 0 aliphatic heterocycles. The van der Waals surface area contributed by atoms with Gasteiger partial charge in [-0.05, 0) is 48.0 Å². The molecule has 1 aromatic heterocycles. The van der Waals surface area contributed by atoms with E-state index < -0.39 is 0 Å². The fraction of sp³-hybridized carbons (Fsp3) is 0.0556. The minimum atomic E-state index is -0.0481. The molecular formula is C18H15N3O2. The van der Waals surface area contributed by atoms with E-state index in [1.807, 2.05) is 24.3 Å². The number of allylic oxidation sites excluding steroid dienone is 1. The van der Waals surface area contributed by atoms with E-state index >= 15 is 0 Å². The molecule has 0 aliphatic rings. The zero-order valence-electron chi connectivity index (χ0n) is 12.6. The van der Waals surface area contributed by atoms with Crippen LogP contribution in [0.3, 0.4) is 0 Å². The van der Waals surface area contributed by atoms with Crippen molar-refractivity contribution in [2.45, 2.75) is 0 Å². The predicted octanol–water partition coefficient (Wildman–Crippen LogP) is 3.17. The van der Waals surface area contributed by atoms with Gasteiger partial charge in [0.1, 0.15) is 18.4 Å². The van der Waals surface area contributed by atoms with Gasteiger partial charge in [-0.1, -0.05) is 18.2 Å². The van der Waals surface area contributed by atoms with Gasteiger partial charge in [0, 0.05) is 5.56 Å². The number of carbonyl (C=O) groups is 1. The maximum Gasteiger partial charge on any atom is 0.185 e. The Balaban J connectivity index is 1.70. The van der Waals surface area contributed by atoms with Gasteiger partial charge in [0.2, 0.25) is 0 Å². The van der Waals surface area contributed by atoms with Crippen LogP contribution < -0.4 is 4.74 Å². The molecule has 0 fully saturated rings. The van der Waals surface area contributed by atoms with Gasteiger partial charge in [-0.15, -0.1) is 0 Å². The Labute approximate surface area is 133 Å². The molecule has 5 heteroatoms. The number of aromatic nitrogens is 3. The number of ketones is 1. The molecule has 0 radical (unpaired) electrons. The maximum atomic E-state index is 12.1. The summed E-state index contributed by atoms with van der Waals surface area (Å²) in [7, 11) is 1.60. The van der Waals surface area contributed by atoms with Crippen LogP contribution in [0.2, 0.25) is 0 Å². The van der Waals surface area contributed by atoms with Crippen molar-refractivity contribution >= 4 is 11.9 Å². The van der Waals surface area contributed by atoms with Crippen LogP contribution in [-0.2, 0) is 0 Å². The van der Waals surface area contributed by atoms with Crippen LogP contribution in [0.15, 0.2) is 67.3 Å². The number of methoxy groups -OCH3 is 1. The van der Waals surface area contributed by atoms with E-state index in [0.29, 0.717) is 5.56 Å². The fourth-order valence-electron chi connectivity index (χ4n) is 2.10. The molecule has 0 saturated heterocycles. The lowest BCUT2D eigenvalue weighted by Gasteiger charge is -2.01. The lowest BCUT2D eigenvalue weighted by atomic mass is 10.1. The molecule has 3 aromatic rings. The van der Waals surface area contributed by atoms with Gasteiger partial charge in [0.05, 0.1) is 12.8 Å². The third kappa shape index (κ3) is 3.52. The molecule has 0 aliphatic carbocycles. The molecule has 2 aromatic carbocycles. The first kappa shape index (κ1) is 14.7. The van der Waals surface area contributed by atoms with E-state index in [2.05, 4.69) is 10.1 Å². The van der Waals surface area contributed by atoms with Gasteiger partial charge in [-0.2, -0.15) is 5.10 Å². The van der Waals surface area contributed by atoms with Crippen molar-refractivity contribution < 1.29 is 9.53 Å². The Bertz CT molecular complexity index is 804. The summed E-state index contributed by atoms with van der Waals surface area (Å²) >= 11 is 0. The highest BCUT2D eigenvalue weighted by Gasteiger charge is 2.02. The summed E-state index contributed by atoms with van der Waals surface area (Å²) in [6.45, 7) is 0. The van der Waals surface area contributed by atoms with E-state index in [1.54, 1.807) is 54.5 Å². The number of carbonyl (C=O) groups excluding carboxylic acids is 1. The number of nitrogens with zero attached hydrogens (tertiary/aromatic N) is 3. The molecule has 0 amide bonds. The summed E-state index contributed by atoms with van der Waals surface area (Å²) < 4.78 is 6.76. The van der Waals surface area contributed by atoms with E-state index in [0.717, 1.165) is 17.0 Å². The minimum Gasteiger partial charge on any atom is -0.497 e. The van der Waals surface area contributed by atoms with Crippen molar-refractivity contribution in [1.82, 2.24) is 14.8 Å². The number of hydrogen-bond donors (Lipinski definition) is 0. The molecule has 0 spiro atoms. The van der Waals surface area contributed by atoms with Crippen molar-refractivity contribution in [1.29, 1.82) is 0 Å². The zero-order chi connectivity index (χ0) is 16.1. The second-order valence-electron chi connectivity index (χ2n) is 4.86. The third-order valence-electron chi connectivity index (χ3n) is 3.38. The van der Waals surface area contributed by atoms with E-state index in [4.69, 9.17) is 4.74 Å². The predicted molar refractivity (Wildman–Crippen MR) is 87.7 cm³/mol. The lowest BCUT2D eigenvalue weighted by molar-refractivity contribution is 0.104. The van der Waals surface area contributed by atoms with Crippen molar-refractivity contribution in [3.05, 3.63) is 78.4 Å². The van der Waals surface area contributed by atoms with E-state index in [-0.39, 0.29) is 5.78 Å². The quantitative estimate of drug-likeness (QED) is 0.536.